The van der Waals surface area contributed by atoms with Gasteiger partial charge in [-0.05, 0) is 30.3 Å². The number of thioether (sulfide) groups is 1. The van der Waals surface area contributed by atoms with Gasteiger partial charge in [0, 0.05) is 34.4 Å². The summed E-state index contributed by atoms with van der Waals surface area (Å²) >= 11 is 6.93. The first-order valence-electron chi connectivity index (χ1n) is 8.95. The Morgan fingerprint density at radius 3 is 2.56 bits per heavy atom. The fourth-order valence-corrected chi connectivity index (χ4v) is 4.14. The molecule has 1 aliphatic heterocycles. The molecular weight excluding hydrogens is 390 g/mol. The van der Waals surface area contributed by atoms with Crippen LogP contribution in [0.3, 0.4) is 0 Å². The fraction of sp³-hybridized carbons (Fsp3) is 0.350. The highest BCUT2D eigenvalue weighted by Gasteiger charge is 2.23. The summed E-state index contributed by atoms with van der Waals surface area (Å²) in [5.41, 5.74) is 1.26. The largest absolute Gasteiger partial charge is 0.352 e. The molecule has 2 aromatic carbocycles. The molecule has 0 spiro atoms. The predicted octanol–water partition coefficient (Wildman–Crippen LogP) is 3.07. The molecule has 144 valence electrons. The van der Waals surface area contributed by atoms with Crippen molar-refractivity contribution in [1.82, 2.24) is 5.32 Å². The molecule has 1 amide bonds. The molecule has 7 heteroatoms. The molecule has 0 aliphatic carbocycles. The highest BCUT2D eigenvalue weighted by atomic mass is 35.5. The maximum Gasteiger partial charge on any atom is 0.230 e. The molecule has 1 saturated heterocycles. The summed E-state index contributed by atoms with van der Waals surface area (Å²) in [6, 6.07) is 11.3. The molecule has 0 radical (unpaired) electrons. The Labute approximate surface area is 167 Å². The van der Waals surface area contributed by atoms with Gasteiger partial charge in [0.15, 0.2) is 0 Å². The molecule has 1 fully saturated rings. The molecule has 0 atom stereocenters. The van der Waals surface area contributed by atoms with Crippen LogP contribution >= 0.6 is 23.4 Å². The number of halogens is 3. The zero-order chi connectivity index (χ0) is 19.2. The first-order chi connectivity index (χ1) is 13.0. The Morgan fingerprint density at radius 2 is 1.85 bits per heavy atom. The van der Waals surface area contributed by atoms with Crippen molar-refractivity contribution in [3.63, 3.8) is 0 Å². The van der Waals surface area contributed by atoms with E-state index in [1.54, 1.807) is 0 Å². The Hall–Kier alpha value is -1.63. The standard InChI is InChI=1S/C20H21ClF2N2OS/c21-15-3-1-14(2-4-15)12-25-9-7-17(8-10-25)24-20(26)13-27-19-11-16(22)5-6-18(19)23/h1-6,11,17H,7-10,12-13H2,(H,24,26)/p+1. The number of hydrogen-bond donors (Lipinski definition) is 2. The minimum Gasteiger partial charge on any atom is -0.352 e. The summed E-state index contributed by atoms with van der Waals surface area (Å²) in [6.45, 7) is 2.92. The van der Waals surface area contributed by atoms with Crippen LogP contribution in [-0.4, -0.2) is 30.8 Å². The van der Waals surface area contributed by atoms with Gasteiger partial charge in [-0.2, -0.15) is 0 Å². The van der Waals surface area contributed by atoms with Gasteiger partial charge >= 0.3 is 0 Å². The summed E-state index contributed by atoms with van der Waals surface area (Å²) in [5.74, 6) is -1.07. The number of nitrogens with one attached hydrogen (secondary N) is 2. The van der Waals surface area contributed by atoms with Crippen molar-refractivity contribution in [3.05, 3.63) is 64.7 Å². The van der Waals surface area contributed by atoms with Crippen molar-refractivity contribution < 1.29 is 18.5 Å². The number of carbonyl (C=O) groups is 1. The number of hydrogen-bond acceptors (Lipinski definition) is 2. The maximum atomic E-state index is 13.6. The van der Waals surface area contributed by atoms with E-state index in [1.165, 1.54) is 10.5 Å². The quantitative estimate of drug-likeness (QED) is 0.716. The summed E-state index contributed by atoms with van der Waals surface area (Å²) in [6.07, 6.45) is 1.82. The van der Waals surface area contributed by atoms with E-state index in [2.05, 4.69) is 5.32 Å². The third-order valence-corrected chi connectivity index (χ3v) is 5.96. The average molecular weight is 412 g/mol. The Kier molecular flexibility index (Phi) is 7.10. The molecule has 2 aromatic rings. The molecule has 0 unspecified atom stereocenters. The van der Waals surface area contributed by atoms with Gasteiger partial charge < -0.3 is 10.2 Å². The van der Waals surface area contributed by atoms with E-state index in [9.17, 15) is 13.6 Å². The van der Waals surface area contributed by atoms with Crippen LogP contribution in [0, 0.1) is 11.6 Å². The third-order valence-electron chi connectivity index (χ3n) is 4.68. The smallest absolute Gasteiger partial charge is 0.230 e. The zero-order valence-corrected chi connectivity index (χ0v) is 16.4. The molecule has 3 nitrogen and oxygen atoms in total. The predicted molar refractivity (Wildman–Crippen MR) is 104 cm³/mol. The van der Waals surface area contributed by atoms with Gasteiger partial charge in [-0.25, -0.2) is 8.78 Å². The van der Waals surface area contributed by atoms with Crippen LogP contribution in [0.2, 0.25) is 5.02 Å². The Bertz CT molecular complexity index is 780. The lowest BCUT2D eigenvalue weighted by molar-refractivity contribution is -0.918. The number of quaternary nitrogens is 1. The van der Waals surface area contributed by atoms with Crippen LogP contribution in [-0.2, 0) is 11.3 Å². The van der Waals surface area contributed by atoms with E-state index in [0.717, 1.165) is 67.5 Å². The van der Waals surface area contributed by atoms with Gasteiger partial charge in [0.2, 0.25) is 5.91 Å². The van der Waals surface area contributed by atoms with Crippen LogP contribution in [0.25, 0.3) is 0 Å². The number of piperidine rings is 1. The zero-order valence-electron chi connectivity index (χ0n) is 14.8. The number of likely N-dealkylation sites (tertiary alicyclic amines) is 1. The number of benzene rings is 2. The van der Waals surface area contributed by atoms with Gasteiger partial charge in [-0.15, -0.1) is 11.8 Å². The van der Waals surface area contributed by atoms with Gasteiger partial charge in [0.1, 0.15) is 18.2 Å². The monoisotopic (exact) mass is 411 g/mol. The second kappa shape index (κ2) is 9.53. The van der Waals surface area contributed by atoms with Crippen molar-refractivity contribution in [1.29, 1.82) is 0 Å². The summed E-state index contributed by atoms with van der Waals surface area (Å²) in [4.78, 5) is 13.8. The average Bonchev–Trinajstić information content (AvgIpc) is 2.66. The lowest BCUT2D eigenvalue weighted by Crippen LogP contribution is -3.12. The van der Waals surface area contributed by atoms with E-state index in [0.29, 0.717) is 0 Å². The maximum absolute atomic E-state index is 13.6. The number of rotatable bonds is 6. The summed E-state index contributed by atoms with van der Waals surface area (Å²) < 4.78 is 26.8. The van der Waals surface area contributed by atoms with Crippen molar-refractivity contribution in [2.75, 3.05) is 18.8 Å². The molecule has 0 aromatic heterocycles. The van der Waals surface area contributed by atoms with Crippen LogP contribution in [0.1, 0.15) is 18.4 Å². The molecule has 2 N–H and O–H groups in total. The van der Waals surface area contributed by atoms with Crippen LogP contribution in [0.4, 0.5) is 8.78 Å². The van der Waals surface area contributed by atoms with Gasteiger partial charge in [0.25, 0.3) is 0 Å². The third kappa shape index (κ3) is 6.19. The van der Waals surface area contributed by atoms with Gasteiger partial charge in [-0.1, -0.05) is 23.7 Å². The topological polar surface area (TPSA) is 33.5 Å². The molecule has 0 bridgehead atoms. The van der Waals surface area contributed by atoms with Crippen molar-refractivity contribution in [2.24, 2.45) is 0 Å². The molecule has 3 rings (SSSR count). The molecule has 1 heterocycles. The van der Waals surface area contributed by atoms with Gasteiger partial charge in [-0.3, -0.25) is 4.79 Å². The Morgan fingerprint density at radius 1 is 1.15 bits per heavy atom. The lowest BCUT2D eigenvalue weighted by atomic mass is 10.0. The Balaban J connectivity index is 1.40. The van der Waals surface area contributed by atoms with E-state index in [-0.39, 0.29) is 22.6 Å². The SMILES string of the molecule is O=C(CSc1cc(F)ccc1F)NC1CC[NH+](Cc2ccc(Cl)cc2)CC1. The first kappa shape index (κ1) is 20.1. The number of carbonyl (C=O) groups excluding carboxylic acids is 1. The highest BCUT2D eigenvalue weighted by Crippen LogP contribution is 2.22. The second-order valence-corrected chi connectivity index (χ2v) is 8.21. The minimum absolute atomic E-state index is 0.0816. The van der Waals surface area contributed by atoms with Crippen LogP contribution < -0.4 is 10.2 Å². The first-order valence-corrected chi connectivity index (χ1v) is 10.3. The minimum atomic E-state index is -0.506. The van der Waals surface area contributed by atoms with Crippen molar-refractivity contribution in [3.8, 4) is 0 Å². The fourth-order valence-electron chi connectivity index (χ4n) is 3.24. The highest BCUT2D eigenvalue weighted by molar-refractivity contribution is 8.00. The molecule has 27 heavy (non-hydrogen) atoms. The molecule has 1 aliphatic rings. The summed E-state index contributed by atoms with van der Waals surface area (Å²) in [7, 11) is 0. The molecular formula is C20H22ClF2N2OS+. The van der Waals surface area contributed by atoms with E-state index in [4.69, 9.17) is 11.6 Å². The number of amides is 1. The van der Waals surface area contributed by atoms with Crippen LogP contribution in [0.15, 0.2) is 47.4 Å². The normalized spacial score (nSPS) is 19.7. The van der Waals surface area contributed by atoms with Gasteiger partial charge in [0.05, 0.1) is 18.8 Å². The second-order valence-electron chi connectivity index (χ2n) is 6.76. The summed E-state index contributed by atoms with van der Waals surface area (Å²) in [5, 5.41) is 3.75. The molecule has 0 saturated carbocycles. The van der Waals surface area contributed by atoms with E-state index in [1.807, 2.05) is 24.3 Å². The lowest BCUT2D eigenvalue weighted by Gasteiger charge is -2.29. The van der Waals surface area contributed by atoms with Crippen molar-refractivity contribution >= 4 is 29.3 Å². The van der Waals surface area contributed by atoms with E-state index >= 15 is 0 Å². The van der Waals surface area contributed by atoms with Crippen molar-refractivity contribution in [2.45, 2.75) is 30.3 Å². The van der Waals surface area contributed by atoms with E-state index < -0.39 is 11.6 Å². The van der Waals surface area contributed by atoms with Crippen LogP contribution in [0.5, 0.6) is 0 Å².